The number of rotatable bonds is 4. The molecule has 0 saturated carbocycles. The van der Waals surface area contributed by atoms with E-state index in [1.165, 1.54) is 17.3 Å². The monoisotopic (exact) mass is 288 g/mol. The second-order valence-corrected chi connectivity index (χ2v) is 4.69. The van der Waals surface area contributed by atoms with Crippen molar-refractivity contribution >= 4 is 11.6 Å². The molecular formula is C13H16N6O2. The van der Waals surface area contributed by atoms with Gasteiger partial charge >= 0.3 is 0 Å². The normalized spacial score (nSPS) is 18.4. The fourth-order valence-corrected chi connectivity index (χ4v) is 2.17. The highest BCUT2D eigenvalue weighted by Crippen LogP contribution is 2.16. The third-order valence-electron chi connectivity index (χ3n) is 3.13. The number of hydrogen-bond acceptors (Lipinski definition) is 6. The Balaban J connectivity index is 1.68. The van der Waals surface area contributed by atoms with E-state index in [4.69, 9.17) is 4.74 Å². The molecule has 2 aromatic rings. The zero-order valence-corrected chi connectivity index (χ0v) is 11.4. The van der Waals surface area contributed by atoms with Crippen molar-refractivity contribution < 1.29 is 9.53 Å². The first kappa shape index (κ1) is 13.7. The quantitative estimate of drug-likeness (QED) is 0.821. The Morgan fingerprint density at radius 1 is 1.57 bits per heavy atom. The van der Waals surface area contributed by atoms with Gasteiger partial charge in [0.1, 0.15) is 12.7 Å². The minimum atomic E-state index is -0.0904. The molecule has 3 rings (SSSR count). The summed E-state index contributed by atoms with van der Waals surface area (Å²) in [6.45, 7) is 2.02. The van der Waals surface area contributed by atoms with Crippen LogP contribution in [0, 0.1) is 0 Å². The van der Waals surface area contributed by atoms with Gasteiger partial charge in [0.2, 0.25) is 5.91 Å². The summed E-state index contributed by atoms with van der Waals surface area (Å²) >= 11 is 0. The molecule has 1 aliphatic heterocycles. The number of amides is 1. The van der Waals surface area contributed by atoms with Crippen molar-refractivity contribution in [3.05, 3.63) is 31.0 Å². The second kappa shape index (κ2) is 6.42. The van der Waals surface area contributed by atoms with Crippen molar-refractivity contribution in [1.82, 2.24) is 25.1 Å². The van der Waals surface area contributed by atoms with Gasteiger partial charge in [0.15, 0.2) is 5.82 Å². The Labute approximate surface area is 121 Å². The van der Waals surface area contributed by atoms with E-state index in [2.05, 4.69) is 25.7 Å². The molecule has 1 fully saturated rings. The molecule has 2 N–H and O–H groups in total. The molecule has 0 aliphatic carbocycles. The highest BCUT2D eigenvalue weighted by atomic mass is 16.5. The molecule has 8 nitrogen and oxygen atoms in total. The maximum atomic E-state index is 12.1. The Morgan fingerprint density at radius 3 is 3.29 bits per heavy atom. The van der Waals surface area contributed by atoms with E-state index in [1.54, 1.807) is 18.3 Å². The number of hydrogen-bond donors (Lipinski definition) is 2. The van der Waals surface area contributed by atoms with E-state index in [0.717, 1.165) is 6.54 Å². The number of carbonyl (C=O) groups is 1. The number of morpholine rings is 1. The van der Waals surface area contributed by atoms with Gasteiger partial charge in [0, 0.05) is 25.2 Å². The highest BCUT2D eigenvalue weighted by Gasteiger charge is 2.18. The van der Waals surface area contributed by atoms with Gasteiger partial charge in [-0.05, 0) is 12.1 Å². The van der Waals surface area contributed by atoms with Crippen molar-refractivity contribution in [2.75, 3.05) is 25.1 Å². The first-order valence-electron chi connectivity index (χ1n) is 6.74. The summed E-state index contributed by atoms with van der Waals surface area (Å²) in [5, 5.41) is 10.1. The van der Waals surface area contributed by atoms with Crippen LogP contribution < -0.4 is 10.6 Å². The van der Waals surface area contributed by atoms with E-state index in [-0.39, 0.29) is 11.9 Å². The number of pyridine rings is 1. The van der Waals surface area contributed by atoms with Gasteiger partial charge in [-0.1, -0.05) is 0 Å². The molecule has 1 aliphatic rings. The van der Waals surface area contributed by atoms with E-state index in [0.29, 0.717) is 31.1 Å². The van der Waals surface area contributed by atoms with Crippen LogP contribution in [0.25, 0.3) is 5.82 Å². The lowest BCUT2D eigenvalue weighted by atomic mass is 10.2. The van der Waals surface area contributed by atoms with Crippen LogP contribution in [0.5, 0.6) is 0 Å². The second-order valence-electron chi connectivity index (χ2n) is 4.69. The van der Waals surface area contributed by atoms with Gasteiger partial charge in [-0.15, -0.1) is 0 Å². The SMILES string of the molecule is O=C(CC1COCCN1)Nc1cccnc1-n1cncn1. The first-order valence-corrected chi connectivity index (χ1v) is 6.74. The molecule has 1 amide bonds. The number of nitrogens with zero attached hydrogens (tertiary/aromatic N) is 4. The minimum absolute atomic E-state index is 0.0465. The standard InChI is InChI=1S/C13H16N6O2/c20-12(6-10-7-21-5-4-15-10)18-11-2-1-3-16-13(11)19-9-14-8-17-19/h1-3,8-10,15H,4-7H2,(H,18,20). The molecule has 1 saturated heterocycles. The van der Waals surface area contributed by atoms with Gasteiger partial charge in [0.25, 0.3) is 0 Å². The maximum absolute atomic E-state index is 12.1. The molecule has 0 aromatic carbocycles. The average Bonchev–Trinajstić information content (AvgIpc) is 3.03. The highest BCUT2D eigenvalue weighted by molar-refractivity contribution is 5.92. The van der Waals surface area contributed by atoms with E-state index in [9.17, 15) is 4.79 Å². The van der Waals surface area contributed by atoms with Crippen molar-refractivity contribution in [1.29, 1.82) is 0 Å². The van der Waals surface area contributed by atoms with Crippen LogP contribution in [-0.4, -0.2) is 51.5 Å². The Kier molecular flexibility index (Phi) is 4.17. The van der Waals surface area contributed by atoms with Crippen LogP contribution in [0.15, 0.2) is 31.0 Å². The summed E-state index contributed by atoms with van der Waals surface area (Å²) in [5.41, 5.74) is 0.602. The van der Waals surface area contributed by atoms with Crippen molar-refractivity contribution in [3.63, 3.8) is 0 Å². The van der Waals surface area contributed by atoms with Crippen LogP contribution in [0.2, 0.25) is 0 Å². The molecule has 0 radical (unpaired) electrons. The maximum Gasteiger partial charge on any atom is 0.226 e. The third-order valence-corrected chi connectivity index (χ3v) is 3.13. The molecule has 2 aromatic heterocycles. The molecule has 21 heavy (non-hydrogen) atoms. The topological polar surface area (TPSA) is 94.0 Å². The predicted octanol–water partition coefficient (Wildman–Crippen LogP) is -0.0207. The summed E-state index contributed by atoms with van der Waals surface area (Å²) in [6, 6.07) is 3.59. The van der Waals surface area contributed by atoms with E-state index >= 15 is 0 Å². The number of nitrogens with one attached hydrogen (secondary N) is 2. The fourth-order valence-electron chi connectivity index (χ4n) is 2.17. The van der Waals surface area contributed by atoms with Crippen molar-refractivity contribution in [3.8, 4) is 5.82 Å². The summed E-state index contributed by atoms with van der Waals surface area (Å²) in [6.07, 6.45) is 4.95. The van der Waals surface area contributed by atoms with Crippen LogP contribution >= 0.6 is 0 Å². The third kappa shape index (κ3) is 3.41. The van der Waals surface area contributed by atoms with Gasteiger partial charge < -0.3 is 15.4 Å². The molecule has 110 valence electrons. The van der Waals surface area contributed by atoms with Gasteiger partial charge in [-0.25, -0.2) is 14.6 Å². The fraction of sp³-hybridized carbons (Fsp3) is 0.385. The number of carbonyl (C=O) groups excluding carboxylic acids is 1. The van der Waals surface area contributed by atoms with Crippen molar-refractivity contribution in [2.24, 2.45) is 0 Å². The Morgan fingerprint density at radius 2 is 2.52 bits per heavy atom. The summed E-state index contributed by atoms with van der Waals surface area (Å²) < 4.78 is 6.85. The summed E-state index contributed by atoms with van der Waals surface area (Å²) in [4.78, 5) is 20.2. The minimum Gasteiger partial charge on any atom is -0.378 e. The number of aromatic nitrogens is 4. The van der Waals surface area contributed by atoms with Crippen LogP contribution in [0.3, 0.4) is 0 Å². The zero-order chi connectivity index (χ0) is 14.5. The average molecular weight is 288 g/mol. The predicted molar refractivity (Wildman–Crippen MR) is 75.0 cm³/mol. The molecule has 0 bridgehead atoms. The van der Waals surface area contributed by atoms with Gasteiger partial charge in [0.05, 0.1) is 18.9 Å². The lowest BCUT2D eigenvalue weighted by molar-refractivity contribution is -0.117. The van der Waals surface area contributed by atoms with Crippen LogP contribution in [0.4, 0.5) is 5.69 Å². The molecule has 3 heterocycles. The number of ether oxygens (including phenoxy) is 1. The summed E-state index contributed by atoms with van der Waals surface area (Å²) in [7, 11) is 0. The zero-order valence-electron chi connectivity index (χ0n) is 11.4. The first-order chi connectivity index (χ1) is 10.3. The lowest BCUT2D eigenvalue weighted by Gasteiger charge is -2.23. The molecular weight excluding hydrogens is 272 g/mol. The van der Waals surface area contributed by atoms with Crippen molar-refractivity contribution in [2.45, 2.75) is 12.5 Å². The Bertz CT molecular complexity index is 594. The molecule has 1 atom stereocenters. The molecule has 8 heteroatoms. The number of anilines is 1. The smallest absolute Gasteiger partial charge is 0.226 e. The molecule has 1 unspecified atom stereocenters. The van der Waals surface area contributed by atoms with Gasteiger partial charge in [-0.3, -0.25) is 4.79 Å². The lowest BCUT2D eigenvalue weighted by Crippen LogP contribution is -2.43. The summed E-state index contributed by atoms with van der Waals surface area (Å²) in [5.74, 6) is 0.448. The van der Waals surface area contributed by atoms with E-state index < -0.39 is 0 Å². The van der Waals surface area contributed by atoms with E-state index in [1.807, 2.05) is 0 Å². The largest absolute Gasteiger partial charge is 0.378 e. The van der Waals surface area contributed by atoms with Crippen LogP contribution in [-0.2, 0) is 9.53 Å². The van der Waals surface area contributed by atoms with Gasteiger partial charge in [-0.2, -0.15) is 5.10 Å². The van der Waals surface area contributed by atoms with Crippen LogP contribution in [0.1, 0.15) is 6.42 Å². The molecule has 0 spiro atoms. The Hall–Kier alpha value is -2.32.